The SMILES string of the molecule is O=C(Nc1ccc(Cl)cc1)C1Cc2ccccc2CN1S(=O)(=O)c1ccccc1. The minimum absolute atomic E-state index is 0.145. The number of hydrogen-bond donors (Lipinski definition) is 1. The second kappa shape index (κ2) is 7.99. The number of hydrogen-bond acceptors (Lipinski definition) is 3. The average molecular weight is 427 g/mol. The molecule has 29 heavy (non-hydrogen) atoms. The number of halogens is 1. The monoisotopic (exact) mass is 426 g/mol. The molecule has 0 saturated carbocycles. The van der Waals surface area contributed by atoms with Crippen LogP contribution in [0.25, 0.3) is 0 Å². The number of nitrogens with one attached hydrogen (secondary N) is 1. The number of fused-ring (bicyclic) bond motifs is 1. The van der Waals surface area contributed by atoms with Crippen LogP contribution in [0.2, 0.25) is 5.02 Å². The third-order valence-corrected chi connectivity index (χ3v) is 7.09. The van der Waals surface area contributed by atoms with Gasteiger partial charge in [0.2, 0.25) is 15.9 Å². The predicted molar refractivity (Wildman–Crippen MR) is 113 cm³/mol. The molecule has 0 radical (unpaired) electrons. The Balaban J connectivity index is 1.70. The lowest BCUT2D eigenvalue weighted by Crippen LogP contribution is -2.50. The summed E-state index contributed by atoms with van der Waals surface area (Å²) >= 11 is 5.90. The first-order valence-electron chi connectivity index (χ1n) is 9.15. The fraction of sp³-hybridized carbons (Fsp3) is 0.136. The molecular weight excluding hydrogens is 408 g/mol. The maximum absolute atomic E-state index is 13.3. The fourth-order valence-corrected chi connectivity index (χ4v) is 5.17. The molecule has 1 N–H and O–H groups in total. The first-order chi connectivity index (χ1) is 13.9. The minimum atomic E-state index is -3.85. The summed E-state index contributed by atoms with van der Waals surface area (Å²) in [6.07, 6.45) is 0.307. The maximum atomic E-state index is 13.3. The van der Waals surface area contributed by atoms with Gasteiger partial charge in [-0.2, -0.15) is 4.31 Å². The number of sulfonamides is 1. The van der Waals surface area contributed by atoms with Gasteiger partial charge in [0.15, 0.2) is 0 Å². The molecule has 0 saturated heterocycles. The van der Waals surface area contributed by atoms with Gasteiger partial charge in [0.25, 0.3) is 0 Å². The van der Waals surface area contributed by atoms with Gasteiger partial charge < -0.3 is 5.32 Å². The van der Waals surface area contributed by atoms with E-state index in [1.807, 2.05) is 24.3 Å². The van der Waals surface area contributed by atoms with Gasteiger partial charge in [0.05, 0.1) is 4.90 Å². The summed E-state index contributed by atoms with van der Waals surface area (Å²) in [6, 6.07) is 21.7. The second-order valence-electron chi connectivity index (χ2n) is 6.85. The van der Waals surface area contributed by atoms with E-state index >= 15 is 0 Å². The van der Waals surface area contributed by atoms with E-state index in [9.17, 15) is 13.2 Å². The first kappa shape index (κ1) is 19.6. The van der Waals surface area contributed by atoms with Crippen molar-refractivity contribution < 1.29 is 13.2 Å². The van der Waals surface area contributed by atoms with Crippen LogP contribution in [-0.2, 0) is 27.8 Å². The van der Waals surface area contributed by atoms with Crippen LogP contribution in [-0.4, -0.2) is 24.7 Å². The summed E-state index contributed by atoms with van der Waals surface area (Å²) in [5.74, 6) is -0.374. The van der Waals surface area contributed by atoms with Crippen molar-refractivity contribution in [3.8, 4) is 0 Å². The molecule has 0 aromatic heterocycles. The van der Waals surface area contributed by atoms with Crippen molar-refractivity contribution in [1.82, 2.24) is 4.31 Å². The molecule has 0 fully saturated rings. The fourth-order valence-electron chi connectivity index (χ4n) is 3.46. The van der Waals surface area contributed by atoms with Gasteiger partial charge in [-0.1, -0.05) is 54.1 Å². The van der Waals surface area contributed by atoms with Crippen molar-refractivity contribution in [2.75, 3.05) is 5.32 Å². The number of carbonyl (C=O) groups excluding carboxylic acids is 1. The lowest BCUT2D eigenvalue weighted by molar-refractivity contribution is -0.120. The molecule has 1 aliphatic heterocycles. The molecule has 0 bridgehead atoms. The van der Waals surface area contributed by atoms with E-state index in [4.69, 9.17) is 11.6 Å². The highest BCUT2D eigenvalue weighted by molar-refractivity contribution is 7.89. The van der Waals surface area contributed by atoms with Gasteiger partial charge in [0.1, 0.15) is 6.04 Å². The van der Waals surface area contributed by atoms with Crippen LogP contribution in [0.1, 0.15) is 11.1 Å². The van der Waals surface area contributed by atoms with Gasteiger partial charge in [0, 0.05) is 17.3 Å². The molecule has 4 rings (SSSR count). The van der Waals surface area contributed by atoms with E-state index in [1.165, 1.54) is 4.31 Å². The lowest BCUT2D eigenvalue weighted by atomic mass is 9.95. The van der Waals surface area contributed by atoms with Crippen molar-refractivity contribution in [3.63, 3.8) is 0 Å². The Kier molecular flexibility index (Phi) is 5.41. The molecule has 5 nitrogen and oxygen atoms in total. The standard InChI is InChI=1S/C22H19ClN2O3S/c23-18-10-12-19(13-11-18)24-22(26)21-14-16-6-4-5-7-17(16)15-25(21)29(27,28)20-8-2-1-3-9-20/h1-13,21H,14-15H2,(H,24,26). The summed E-state index contributed by atoms with van der Waals surface area (Å²) in [6.45, 7) is 0.145. The van der Waals surface area contributed by atoms with E-state index < -0.39 is 16.1 Å². The normalized spacial score (nSPS) is 16.8. The van der Waals surface area contributed by atoms with E-state index in [1.54, 1.807) is 54.6 Å². The summed E-state index contributed by atoms with van der Waals surface area (Å²) < 4.78 is 28.0. The Morgan fingerprint density at radius 1 is 0.897 bits per heavy atom. The maximum Gasteiger partial charge on any atom is 0.244 e. The molecule has 148 valence electrons. The molecule has 3 aromatic carbocycles. The highest BCUT2D eigenvalue weighted by Crippen LogP contribution is 2.30. The molecule has 1 unspecified atom stereocenters. The quantitative estimate of drug-likeness (QED) is 0.683. The number of amides is 1. The Labute approximate surface area is 175 Å². The zero-order valence-corrected chi connectivity index (χ0v) is 17.0. The summed E-state index contributed by atoms with van der Waals surface area (Å²) in [5.41, 5.74) is 2.45. The molecule has 1 atom stereocenters. The highest BCUT2D eigenvalue weighted by Gasteiger charge is 2.39. The Morgan fingerprint density at radius 2 is 1.52 bits per heavy atom. The number of anilines is 1. The van der Waals surface area contributed by atoms with E-state index in [0.717, 1.165) is 11.1 Å². The number of nitrogens with zero attached hydrogens (tertiary/aromatic N) is 1. The van der Waals surface area contributed by atoms with Crippen molar-refractivity contribution in [2.24, 2.45) is 0 Å². The summed E-state index contributed by atoms with van der Waals surface area (Å²) in [5, 5.41) is 3.38. The van der Waals surface area contributed by atoms with Gasteiger partial charge in [-0.25, -0.2) is 8.42 Å². The summed E-state index contributed by atoms with van der Waals surface area (Å²) in [4.78, 5) is 13.3. The molecule has 1 heterocycles. The summed E-state index contributed by atoms with van der Waals surface area (Å²) in [7, 11) is -3.85. The lowest BCUT2D eigenvalue weighted by Gasteiger charge is -2.35. The van der Waals surface area contributed by atoms with Crippen molar-refractivity contribution >= 4 is 33.2 Å². The Morgan fingerprint density at radius 3 is 2.21 bits per heavy atom. The van der Waals surface area contributed by atoms with Crippen LogP contribution in [0, 0.1) is 0 Å². The van der Waals surface area contributed by atoms with Gasteiger partial charge >= 0.3 is 0 Å². The smallest absolute Gasteiger partial charge is 0.244 e. The molecule has 3 aromatic rings. The molecule has 0 aliphatic carbocycles. The van der Waals surface area contributed by atoms with Gasteiger partial charge in [-0.15, -0.1) is 0 Å². The van der Waals surface area contributed by atoms with Crippen LogP contribution >= 0.6 is 11.6 Å². The molecule has 1 amide bonds. The van der Waals surface area contributed by atoms with Crippen molar-refractivity contribution in [2.45, 2.75) is 23.9 Å². The molecule has 1 aliphatic rings. The largest absolute Gasteiger partial charge is 0.325 e. The second-order valence-corrected chi connectivity index (χ2v) is 9.18. The zero-order valence-electron chi connectivity index (χ0n) is 15.5. The Hall–Kier alpha value is -2.67. The highest BCUT2D eigenvalue weighted by atomic mass is 35.5. The Bertz CT molecular complexity index is 1130. The zero-order chi connectivity index (χ0) is 20.4. The van der Waals surface area contributed by atoms with Crippen molar-refractivity contribution in [1.29, 1.82) is 0 Å². The molecule has 7 heteroatoms. The van der Waals surface area contributed by atoms with Crippen LogP contribution < -0.4 is 5.32 Å². The molecular formula is C22H19ClN2O3S. The van der Waals surface area contributed by atoms with E-state index in [2.05, 4.69) is 5.32 Å². The third-order valence-electron chi connectivity index (χ3n) is 4.97. The van der Waals surface area contributed by atoms with Crippen LogP contribution in [0.5, 0.6) is 0 Å². The number of rotatable bonds is 4. The predicted octanol–water partition coefficient (Wildman–Crippen LogP) is 4.09. The van der Waals surface area contributed by atoms with Crippen LogP contribution in [0.15, 0.2) is 83.8 Å². The number of benzene rings is 3. The van der Waals surface area contributed by atoms with Gasteiger partial charge in [-0.3, -0.25) is 4.79 Å². The van der Waals surface area contributed by atoms with Crippen LogP contribution in [0.4, 0.5) is 5.69 Å². The van der Waals surface area contributed by atoms with Gasteiger partial charge in [-0.05, 0) is 53.9 Å². The topological polar surface area (TPSA) is 66.5 Å². The molecule has 0 spiro atoms. The van der Waals surface area contributed by atoms with E-state index in [0.29, 0.717) is 17.1 Å². The van der Waals surface area contributed by atoms with Crippen LogP contribution in [0.3, 0.4) is 0 Å². The van der Waals surface area contributed by atoms with Crippen molar-refractivity contribution in [3.05, 3.63) is 95.0 Å². The number of carbonyl (C=O) groups is 1. The first-order valence-corrected chi connectivity index (χ1v) is 11.0. The van der Waals surface area contributed by atoms with E-state index in [-0.39, 0.29) is 17.3 Å². The minimum Gasteiger partial charge on any atom is -0.325 e. The third kappa shape index (κ3) is 4.05. The average Bonchev–Trinajstić information content (AvgIpc) is 2.75.